The van der Waals surface area contributed by atoms with Crippen LogP contribution < -0.4 is 10.1 Å². The van der Waals surface area contributed by atoms with Gasteiger partial charge >= 0.3 is 12.3 Å². The quantitative estimate of drug-likeness (QED) is 0.326. The molecule has 196 valence electrons. The Morgan fingerprint density at radius 2 is 1.76 bits per heavy atom. The third-order valence-corrected chi connectivity index (χ3v) is 6.57. The van der Waals surface area contributed by atoms with Gasteiger partial charge in [-0.2, -0.15) is 5.10 Å². The average Bonchev–Trinajstić information content (AvgIpc) is 3.27. The van der Waals surface area contributed by atoms with Crippen LogP contribution in [0.5, 0.6) is 5.75 Å². The molecule has 4 rings (SSSR count). The van der Waals surface area contributed by atoms with E-state index in [4.69, 9.17) is 5.11 Å². The molecule has 1 heterocycles. The molecule has 1 fully saturated rings. The van der Waals surface area contributed by atoms with E-state index in [9.17, 15) is 18.0 Å². The van der Waals surface area contributed by atoms with E-state index in [0.29, 0.717) is 30.3 Å². The zero-order valence-corrected chi connectivity index (χ0v) is 20.4. The number of ether oxygens (including phenoxy) is 1. The fourth-order valence-corrected chi connectivity index (χ4v) is 4.80. The molecule has 0 amide bonds. The van der Waals surface area contributed by atoms with Crippen LogP contribution >= 0.6 is 0 Å². The molecule has 3 aromatic rings. The van der Waals surface area contributed by atoms with Gasteiger partial charge in [-0.1, -0.05) is 50.1 Å². The summed E-state index contributed by atoms with van der Waals surface area (Å²) in [6.07, 6.45) is 3.38. The van der Waals surface area contributed by atoms with Crippen molar-refractivity contribution >= 4 is 11.7 Å². The lowest BCUT2D eigenvalue weighted by molar-refractivity contribution is -0.274. The molecule has 0 spiro atoms. The fraction of sp³-hybridized carbons (Fsp3) is 0.357. The number of aromatic nitrogens is 2. The van der Waals surface area contributed by atoms with Crippen LogP contribution in [0.1, 0.15) is 66.8 Å². The molecule has 6 nitrogen and oxygen atoms in total. The lowest BCUT2D eigenvalue weighted by Crippen LogP contribution is -2.17. The van der Waals surface area contributed by atoms with E-state index >= 15 is 0 Å². The van der Waals surface area contributed by atoms with Crippen LogP contribution in [0.3, 0.4) is 0 Å². The lowest BCUT2D eigenvalue weighted by atomic mass is 9.84. The van der Waals surface area contributed by atoms with Gasteiger partial charge < -0.3 is 15.2 Å². The van der Waals surface area contributed by atoms with Crippen LogP contribution in [-0.4, -0.2) is 33.8 Å². The van der Waals surface area contributed by atoms with E-state index in [-0.39, 0.29) is 12.2 Å². The van der Waals surface area contributed by atoms with Crippen molar-refractivity contribution in [2.45, 2.75) is 57.2 Å². The van der Waals surface area contributed by atoms with Gasteiger partial charge in [-0.15, -0.1) is 13.2 Å². The highest BCUT2D eigenvalue weighted by atomic mass is 19.4. The Labute approximate surface area is 213 Å². The third-order valence-electron chi connectivity index (χ3n) is 6.57. The maximum atomic E-state index is 12.6. The normalized spacial score (nSPS) is 14.4. The van der Waals surface area contributed by atoms with E-state index < -0.39 is 12.3 Å². The Bertz CT molecular complexity index is 1210. The number of nitrogens with one attached hydrogen (secondary N) is 1. The van der Waals surface area contributed by atoms with Crippen LogP contribution in [0.2, 0.25) is 0 Å². The molecule has 0 unspecified atom stereocenters. The van der Waals surface area contributed by atoms with Crippen LogP contribution in [0.15, 0.2) is 61.3 Å². The Morgan fingerprint density at radius 3 is 2.38 bits per heavy atom. The Kier molecular flexibility index (Phi) is 8.21. The van der Waals surface area contributed by atoms with E-state index in [1.165, 1.54) is 18.6 Å². The lowest BCUT2D eigenvalue weighted by Gasteiger charge is -2.24. The first kappa shape index (κ1) is 26.3. The second-order valence-electron chi connectivity index (χ2n) is 9.27. The summed E-state index contributed by atoms with van der Waals surface area (Å²) in [6, 6.07) is 13.8. The molecular formula is C28H30F3N3O3. The van der Waals surface area contributed by atoms with Gasteiger partial charge in [0.1, 0.15) is 5.75 Å². The van der Waals surface area contributed by atoms with Crippen molar-refractivity contribution in [3.8, 4) is 11.4 Å². The second kappa shape index (κ2) is 11.5. The van der Waals surface area contributed by atoms with Gasteiger partial charge in [0.15, 0.2) is 0 Å². The minimum absolute atomic E-state index is 0.0170. The van der Waals surface area contributed by atoms with Gasteiger partial charge in [0.05, 0.1) is 24.0 Å². The smallest absolute Gasteiger partial charge is 0.481 e. The Morgan fingerprint density at radius 1 is 1.08 bits per heavy atom. The number of alkyl halides is 3. The summed E-state index contributed by atoms with van der Waals surface area (Å²) in [6.45, 7) is 4.29. The molecule has 9 heteroatoms. The number of halogens is 3. The van der Waals surface area contributed by atoms with Crippen molar-refractivity contribution < 1.29 is 27.8 Å². The monoisotopic (exact) mass is 513 g/mol. The standard InChI is InChI=1S/C28H30F3N3O3/c1-19(32-16-15-26(35)36)21-9-7-20(8-10-21)17-23-18-33-34(27(23)22-5-3-2-4-6-22)24-11-13-25(14-12-24)37-28(29,30)31/h7-14,18,22,32H,1-6,15-17H2,(H,35,36). The summed E-state index contributed by atoms with van der Waals surface area (Å²) in [4.78, 5) is 10.7. The topological polar surface area (TPSA) is 76.4 Å². The largest absolute Gasteiger partial charge is 0.573 e. The van der Waals surface area contributed by atoms with E-state index in [1.807, 2.05) is 35.1 Å². The summed E-state index contributed by atoms with van der Waals surface area (Å²) >= 11 is 0. The molecule has 0 radical (unpaired) electrons. The number of benzene rings is 2. The van der Waals surface area contributed by atoms with E-state index in [2.05, 4.69) is 21.7 Å². The SMILES string of the molecule is C=C(NCCC(=O)O)c1ccc(Cc2cnn(-c3ccc(OC(F)(F)F)cc3)c2C2CCCCC2)cc1. The molecule has 1 saturated carbocycles. The van der Waals surface area contributed by atoms with Crippen molar-refractivity contribution in [3.63, 3.8) is 0 Å². The molecule has 0 bridgehead atoms. The van der Waals surface area contributed by atoms with Gasteiger partial charge in [-0.3, -0.25) is 4.79 Å². The van der Waals surface area contributed by atoms with Crippen molar-refractivity contribution in [2.75, 3.05) is 6.54 Å². The molecule has 1 aliphatic carbocycles. The second-order valence-corrected chi connectivity index (χ2v) is 9.27. The van der Waals surface area contributed by atoms with Crippen molar-refractivity contribution in [1.29, 1.82) is 0 Å². The zero-order chi connectivity index (χ0) is 26.4. The Hall–Kier alpha value is -3.75. The highest BCUT2D eigenvalue weighted by Crippen LogP contribution is 2.36. The zero-order valence-electron chi connectivity index (χ0n) is 20.4. The molecule has 0 saturated heterocycles. The summed E-state index contributed by atoms with van der Waals surface area (Å²) in [7, 11) is 0. The number of carbonyl (C=O) groups is 1. The average molecular weight is 514 g/mol. The maximum Gasteiger partial charge on any atom is 0.573 e. The van der Waals surface area contributed by atoms with Gasteiger partial charge in [-0.25, -0.2) is 4.68 Å². The minimum atomic E-state index is -4.73. The minimum Gasteiger partial charge on any atom is -0.481 e. The molecule has 2 N–H and O–H groups in total. The van der Waals surface area contributed by atoms with Gasteiger partial charge in [0.2, 0.25) is 0 Å². The first-order chi connectivity index (χ1) is 17.7. The number of rotatable bonds is 10. The van der Waals surface area contributed by atoms with Crippen LogP contribution in [0.4, 0.5) is 13.2 Å². The van der Waals surface area contributed by atoms with Crippen LogP contribution in [0, 0.1) is 0 Å². The molecule has 1 aromatic heterocycles. The number of aliphatic carboxylic acids is 1. The van der Waals surface area contributed by atoms with Gasteiger partial charge in [0, 0.05) is 24.6 Å². The van der Waals surface area contributed by atoms with Crippen molar-refractivity contribution in [2.24, 2.45) is 0 Å². The van der Waals surface area contributed by atoms with E-state index in [1.54, 1.807) is 12.1 Å². The molecule has 1 aliphatic rings. The number of nitrogens with zero attached hydrogens (tertiary/aromatic N) is 2. The molecule has 0 atom stereocenters. The predicted molar refractivity (Wildman–Crippen MR) is 135 cm³/mol. The Balaban J connectivity index is 1.54. The fourth-order valence-electron chi connectivity index (χ4n) is 4.80. The third kappa shape index (κ3) is 7.15. The summed E-state index contributed by atoms with van der Waals surface area (Å²) in [5.74, 6) is -0.799. The molecular weight excluding hydrogens is 483 g/mol. The summed E-state index contributed by atoms with van der Waals surface area (Å²) < 4.78 is 43.6. The van der Waals surface area contributed by atoms with Crippen LogP contribution in [0.25, 0.3) is 11.4 Å². The van der Waals surface area contributed by atoms with Gasteiger partial charge in [-0.05, 0) is 53.8 Å². The number of carboxylic acids is 1. The maximum absolute atomic E-state index is 12.6. The summed E-state index contributed by atoms with van der Waals surface area (Å²) in [5, 5.41) is 16.5. The molecule has 0 aliphatic heterocycles. The first-order valence-electron chi connectivity index (χ1n) is 12.4. The first-order valence-corrected chi connectivity index (χ1v) is 12.4. The number of hydrogen-bond acceptors (Lipinski definition) is 4. The van der Waals surface area contributed by atoms with Crippen molar-refractivity contribution in [3.05, 3.63) is 83.7 Å². The van der Waals surface area contributed by atoms with Crippen LogP contribution in [-0.2, 0) is 11.2 Å². The summed E-state index contributed by atoms with van der Waals surface area (Å²) in [5.41, 5.74) is 5.54. The van der Waals surface area contributed by atoms with Gasteiger partial charge in [0.25, 0.3) is 0 Å². The predicted octanol–water partition coefficient (Wildman–Crippen LogP) is 6.44. The van der Waals surface area contributed by atoms with Crippen molar-refractivity contribution in [1.82, 2.24) is 15.1 Å². The number of hydrogen-bond donors (Lipinski definition) is 2. The highest BCUT2D eigenvalue weighted by Gasteiger charge is 2.31. The highest BCUT2D eigenvalue weighted by molar-refractivity contribution is 5.68. The molecule has 2 aromatic carbocycles. The van der Waals surface area contributed by atoms with E-state index in [0.717, 1.165) is 48.1 Å². The molecule has 37 heavy (non-hydrogen) atoms. The number of carboxylic acid groups (broad SMARTS) is 1.